The van der Waals surface area contributed by atoms with Crippen LogP contribution in [-0.4, -0.2) is 31.7 Å². The molecule has 0 aromatic rings. The maximum absolute atomic E-state index is 6.34. The highest BCUT2D eigenvalue weighted by Gasteiger charge is 2.27. The second-order valence-electron chi connectivity index (χ2n) is 5.78. The number of rotatable bonds is 2. The molecule has 0 aromatic heterocycles. The van der Waals surface area contributed by atoms with Gasteiger partial charge in [0.05, 0.1) is 0 Å². The summed E-state index contributed by atoms with van der Waals surface area (Å²) < 4.78 is 0. The molecular formula is C11H25N3. The molecule has 0 amide bonds. The molecule has 3 heteroatoms. The van der Waals surface area contributed by atoms with Crippen LogP contribution in [0.5, 0.6) is 0 Å². The third kappa shape index (κ3) is 4.40. The summed E-state index contributed by atoms with van der Waals surface area (Å²) in [6, 6.07) is 0. The predicted molar refractivity (Wildman–Crippen MR) is 61.3 cm³/mol. The first-order valence-electron chi connectivity index (χ1n) is 5.62. The van der Waals surface area contributed by atoms with Crippen LogP contribution in [0.3, 0.4) is 0 Å². The zero-order chi connectivity index (χ0) is 10.7. The van der Waals surface area contributed by atoms with E-state index in [1.165, 1.54) is 6.42 Å². The van der Waals surface area contributed by atoms with Gasteiger partial charge in [0.25, 0.3) is 0 Å². The van der Waals surface area contributed by atoms with Gasteiger partial charge in [-0.15, -0.1) is 0 Å². The van der Waals surface area contributed by atoms with E-state index in [1.807, 2.05) is 0 Å². The van der Waals surface area contributed by atoms with Crippen molar-refractivity contribution in [2.45, 2.75) is 39.2 Å². The summed E-state index contributed by atoms with van der Waals surface area (Å²) >= 11 is 0. The minimum atomic E-state index is -0.0518. The van der Waals surface area contributed by atoms with Crippen molar-refractivity contribution < 1.29 is 0 Å². The number of nitrogens with one attached hydrogen (secondary N) is 2. The first-order chi connectivity index (χ1) is 6.41. The van der Waals surface area contributed by atoms with E-state index in [1.54, 1.807) is 0 Å². The highest BCUT2D eigenvalue weighted by atomic mass is 15.0. The molecule has 0 saturated carbocycles. The van der Waals surface area contributed by atoms with E-state index in [9.17, 15) is 0 Å². The molecule has 3 nitrogen and oxygen atoms in total. The molecule has 1 fully saturated rings. The van der Waals surface area contributed by atoms with Gasteiger partial charge in [0.2, 0.25) is 0 Å². The van der Waals surface area contributed by atoms with Crippen LogP contribution in [0.15, 0.2) is 0 Å². The van der Waals surface area contributed by atoms with E-state index in [0.29, 0.717) is 5.41 Å². The van der Waals surface area contributed by atoms with Gasteiger partial charge in [-0.3, -0.25) is 0 Å². The largest absolute Gasteiger partial charge is 0.323 e. The number of nitrogens with two attached hydrogens (primary N) is 1. The average Bonchev–Trinajstić information content (AvgIpc) is 2.27. The fraction of sp³-hybridized carbons (Fsp3) is 1.00. The fourth-order valence-electron chi connectivity index (χ4n) is 1.71. The summed E-state index contributed by atoms with van der Waals surface area (Å²) in [6.45, 7) is 10.8. The molecule has 4 N–H and O–H groups in total. The summed E-state index contributed by atoms with van der Waals surface area (Å²) in [5.41, 5.74) is 6.68. The van der Waals surface area contributed by atoms with Crippen LogP contribution >= 0.6 is 0 Å². The smallest absolute Gasteiger partial charge is 0.0407 e. The van der Waals surface area contributed by atoms with Gasteiger partial charge in [0.1, 0.15) is 0 Å². The zero-order valence-electron chi connectivity index (χ0n) is 9.82. The Kier molecular flexibility index (Phi) is 3.93. The second kappa shape index (κ2) is 4.60. The van der Waals surface area contributed by atoms with Gasteiger partial charge >= 0.3 is 0 Å². The first-order valence-corrected chi connectivity index (χ1v) is 5.62. The lowest BCUT2D eigenvalue weighted by Gasteiger charge is -2.31. The van der Waals surface area contributed by atoms with Crippen LogP contribution in [0.4, 0.5) is 0 Å². The Morgan fingerprint density at radius 1 is 1.14 bits per heavy atom. The van der Waals surface area contributed by atoms with Crippen molar-refractivity contribution in [3.05, 3.63) is 0 Å². The molecule has 1 aliphatic heterocycles. The third-order valence-electron chi connectivity index (χ3n) is 2.81. The van der Waals surface area contributed by atoms with E-state index in [0.717, 1.165) is 32.6 Å². The van der Waals surface area contributed by atoms with Gasteiger partial charge < -0.3 is 16.4 Å². The average molecular weight is 199 g/mol. The molecule has 1 heterocycles. The molecule has 0 bridgehead atoms. The summed E-state index contributed by atoms with van der Waals surface area (Å²) in [5.74, 6) is 0. The van der Waals surface area contributed by atoms with Crippen LogP contribution in [0.25, 0.3) is 0 Å². The summed E-state index contributed by atoms with van der Waals surface area (Å²) in [6.07, 6.45) is 2.28. The highest BCUT2D eigenvalue weighted by molar-refractivity contribution is 4.91. The van der Waals surface area contributed by atoms with Gasteiger partial charge in [-0.05, 0) is 18.3 Å². The van der Waals surface area contributed by atoms with Crippen molar-refractivity contribution in [2.24, 2.45) is 11.1 Å². The van der Waals surface area contributed by atoms with Crippen LogP contribution < -0.4 is 16.4 Å². The monoisotopic (exact) mass is 199 g/mol. The Bertz CT molecular complexity index is 164. The van der Waals surface area contributed by atoms with Crippen LogP contribution in [-0.2, 0) is 0 Å². The van der Waals surface area contributed by atoms with Crippen molar-refractivity contribution >= 4 is 0 Å². The molecule has 84 valence electrons. The van der Waals surface area contributed by atoms with Crippen molar-refractivity contribution in [1.29, 1.82) is 0 Å². The standard InChI is InChI=1S/C11H25N3/c1-10(2,3)4-5-11(12)8-13-6-7-14-9-11/h13-14H,4-9,12H2,1-3H3. The second-order valence-corrected chi connectivity index (χ2v) is 5.78. The molecular weight excluding hydrogens is 174 g/mol. The Morgan fingerprint density at radius 2 is 1.64 bits per heavy atom. The topological polar surface area (TPSA) is 50.1 Å². The molecule has 0 unspecified atom stereocenters. The lowest BCUT2D eigenvalue weighted by molar-refractivity contribution is 0.287. The third-order valence-corrected chi connectivity index (χ3v) is 2.81. The van der Waals surface area contributed by atoms with Crippen LogP contribution in [0, 0.1) is 5.41 Å². The van der Waals surface area contributed by atoms with Crippen LogP contribution in [0.1, 0.15) is 33.6 Å². The van der Waals surface area contributed by atoms with E-state index in [4.69, 9.17) is 5.73 Å². The first kappa shape index (κ1) is 12.0. The summed E-state index contributed by atoms with van der Waals surface area (Å²) in [4.78, 5) is 0. The van der Waals surface area contributed by atoms with Gasteiger partial charge in [-0.25, -0.2) is 0 Å². The molecule has 0 spiro atoms. The predicted octanol–water partition coefficient (Wildman–Crippen LogP) is 0.703. The molecule has 1 aliphatic rings. The quantitative estimate of drug-likeness (QED) is 0.614. The Labute approximate surface area is 87.8 Å². The van der Waals surface area contributed by atoms with Gasteiger partial charge in [0, 0.05) is 31.7 Å². The number of hydrogen-bond donors (Lipinski definition) is 3. The van der Waals surface area contributed by atoms with Crippen molar-refractivity contribution in [3.63, 3.8) is 0 Å². The molecule has 0 aromatic carbocycles. The van der Waals surface area contributed by atoms with E-state index < -0.39 is 0 Å². The van der Waals surface area contributed by atoms with Crippen molar-refractivity contribution in [1.82, 2.24) is 10.6 Å². The molecule has 0 aliphatic carbocycles. The Hall–Kier alpha value is -0.120. The van der Waals surface area contributed by atoms with Gasteiger partial charge in [-0.1, -0.05) is 20.8 Å². The van der Waals surface area contributed by atoms with E-state index >= 15 is 0 Å². The van der Waals surface area contributed by atoms with Gasteiger partial charge in [-0.2, -0.15) is 0 Å². The Balaban J connectivity index is 2.39. The molecule has 14 heavy (non-hydrogen) atoms. The van der Waals surface area contributed by atoms with Crippen molar-refractivity contribution in [2.75, 3.05) is 26.2 Å². The normalized spacial score (nSPS) is 23.1. The van der Waals surface area contributed by atoms with Gasteiger partial charge in [0.15, 0.2) is 0 Å². The SMILES string of the molecule is CC(C)(C)CCC1(N)CNCCNC1. The maximum atomic E-state index is 6.34. The van der Waals surface area contributed by atoms with E-state index in [2.05, 4.69) is 31.4 Å². The summed E-state index contributed by atoms with van der Waals surface area (Å²) in [7, 11) is 0. The highest BCUT2D eigenvalue weighted by Crippen LogP contribution is 2.24. The summed E-state index contributed by atoms with van der Waals surface area (Å²) in [5, 5.41) is 6.77. The molecule has 0 radical (unpaired) electrons. The molecule has 0 atom stereocenters. The minimum absolute atomic E-state index is 0.0518. The zero-order valence-corrected chi connectivity index (χ0v) is 9.82. The fourth-order valence-corrected chi connectivity index (χ4v) is 1.71. The lowest BCUT2D eigenvalue weighted by atomic mass is 9.83. The molecule has 1 rings (SSSR count). The minimum Gasteiger partial charge on any atom is -0.323 e. The molecule has 1 saturated heterocycles. The van der Waals surface area contributed by atoms with Crippen molar-refractivity contribution in [3.8, 4) is 0 Å². The van der Waals surface area contributed by atoms with E-state index in [-0.39, 0.29) is 5.54 Å². The maximum Gasteiger partial charge on any atom is 0.0407 e. The lowest BCUT2D eigenvalue weighted by Crippen LogP contribution is -2.53. The Morgan fingerprint density at radius 3 is 2.07 bits per heavy atom. The number of hydrogen-bond acceptors (Lipinski definition) is 3. The van der Waals surface area contributed by atoms with Crippen LogP contribution in [0.2, 0.25) is 0 Å².